The van der Waals surface area contributed by atoms with Gasteiger partial charge in [-0.3, -0.25) is 14.5 Å². The molecule has 1 heterocycles. The molecule has 0 radical (unpaired) electrons. The third kappa shape index (κ3) is 3.29. The SMILES string of the molecule is Cc1cc(C)cc(CC2CC(=O)N(c3ccc(C)c(Br)c3)C2=O)c1. The second-order valence-electron chi connectivity index (χ2n) is 6.60. The third-order valence-corrected chi connectivity index (χ3v) is 5.27. The monoisotopic (exact) mass is 385 g/mol. The van der Waals surface area contributed by atoms with Crippen LogP contribution in [0, 0.1) is 26.7 Å². The van der Waals surface area contributed by atoms with Crippen LogP contribution in [-0.2, 0) is 16.0 Å². The Kier molecular flexibility index (Phi) is 4.59. The number of rotatable bonds is 3. The number of anilines is 1. The van der Waals surface area contributed by atoms with Gasteiger partial charge in [-0.1, -0.05) is 51.3 Å². The lowest BCUT2D eigenvalue weighted by Gasteiger charge is -2.16. The average Bonchev–Trinajstić information content (AvgIpc) is 2.75. The summed E-state index contributed by atoms with van der Waals surface area (Å²) in [5.74, 6) is -0.501. The molecule has 0 bridgehead atoms. The smallest absolute Gasteiger partial charge is 0.237 e. The number of imide groups is 1. The lowest BCUT2D eigenvalue weighted by atomic mass is 9.95. The third-order valence-electron chi connectivity index (χ3n) is 4.42. The van der Waals surface area contributed by atoms with E-state index in [0.717, 1.165) is 15.6 Å². The largest absolute Gasteiger partial charge is 0.274 e. The van der Waals surface area contributed by atoms with Crippen molar-refractivity contribution < 1.29 is 9.59 Å². The maximum atomic E-state index is 12.8. The molecule has 0 aliphatic carbocycles. The molecule has 2 aromatic carbocycles. The molecule has 2 amide bonds. The van der Waals surface area contributed by atoms with E-state index in [4.69, 9.17) is 0 Å². The van der Waals surface area contributed by atoms with Crippen molar-refractivity contribution in [2.75, 3.05) is 4.90 Å². The number of halogens is 1. The standard InChI is InChI=1S/C20H20BrNO2/c1-12-6-13(2)8-15(7-12)9-16-10-19(23)22(20(16)24)17-5-4-14(3)18(21)11-17/h4-8,11,16H,9-10H2,1-3H3. The van der Waals surface area contributed by atoms with Crippen LogP contribution < -0.4 is 4.90 Å². The molecule has 24 heavy (non-hydrogen) atoms. The fourth-order valence-electron chi connectivity index (χ4n) is 3.32. The molecule has 1 unspecified atom stereocenters. The molecule has 3 nitrogen and oxygen atoms in total. The first-order chi connectivity index (χ1) is 11.3. The van der Waals surface area contributed by atoms with E-state index in [0.29, 0.717) is 12.1 Å². The molecule has 0 aromatic heterocycles. The number of hydrogen-bond acceptors (Lipinski definition) is 2. The van der Waals surface area contributed by atoms with Crippen LogP contribution in [0.4, 0.5) is 5.69 Å². The highest BCUT2D eigenvalue weighted by atomic mass is 79.9. The Morgan fingerprint density at radius 3 is 2.33 bits per heavy atom. The summed E-state index contributed by atoms with van der Waals surface area (Å²) in [5.41, 5.74) is 5.20. The molecule has 124 valence electrons. The molecule has 3 rings (SSSR count). The summed E-state index contributed by atoms with van der Waals surface area (Å²) in [6.07, 6.45) is 0.883. The molecule has 0 N–H and O–H groups in total. The highest BCUT2D eigenvalue weighted by molar-refractivity contribution is 9.10. The summed E-state index contributed by atoms with van der Waals surface area (Å²) in [6.45, 7) is 6.08. The highest BCUT2D eigenvalue weighted by Gasteiger charge is 2.39. The molecule has 0 saturated carbocycles. The van der Waals surface area contributed by atoms with Crippen molar-refractivity contribution in [1.82, 2.24) is 0 Å². The van der Waals surface area contributed by atoms with Crippen molar-refractivity contribution in [2.45, 2.75) is 33.6 Å². The summed E-state index contributed by atoms with van der Waals surface area (Å²) < 4.78 is 0.901. The van der Waals surface area contributed by atoms with Crippen LogP contribution in [0.2, 0.25) is 0 Å². The van der Waals surface area contributed by atoms with Gasteiger partial charge in [0, 0.05) is 10.9 Å². The number of carbonyl (C=O) groups is 2. The number of nitrogens with zero attached hydrogens (tertiary/aromatic N) is 1. The van der Waals surface area contributed by atoms with Gasteiger partial charge in [0.2, 0.25) is 11.8 Å². The Labute approximate surface area is 150 Å². The molecule has 1 fully saturated rings. The Hall–Kier alpha value is -1.94. The van der Waals surface area contributed by atoms with Gasteiger partial charge >= 0.3 is 0 Å². The van der Waals surface area contributed by atoms with E-state index in [1.807, 2.05) is 39.0 Å². The van der Waals surface area contributed by atoms with Crippen LogP contribution in [0.3, 0.4) is 0 Å². The number of aryl methyl sites for hydroxylation is 3. The minimum atomic E-state index is -0.279. The van der Waals surface area contributed by atoms with Crippen molar-refractivity contribution in [2.24, 2.45) is 5.92 Å². The lowest BCUT2D eigenvalue weighted by Crippen LogP contribution is -2.30. The molecule has 1 atom stereocenters. The molecule has 2 aromatic rings. The number of amides is 2. The van der Waals surface area contributed by atoms with Crippen LogP contribution in [0.5, 0.6) is 0 Å². The number of benzene rings is 2. The summed E-state index contributed by atoms with van der Waals surface area (Å²) in [6, 6.07) is 11.9. The zero-order valence-electron chi connectivity index (χ0n) is 14.1. The van der Waals surface area contributed by atoms with Crippen LogP contribution in [0.1, 0.15) is 28.7 Å². The fourth-order valence-corrected chi connectivity index (χ4v) is 3.68. The van der Waals surface area contributed by atoms with E-state index in [9.17, 15) is 9.59 Å². The van der Waals surface area contributed by atoms with E-state index in [2.05, 4.69) is 34.1 Å². The molecule has 0 spiro atoms. The van der Waals surface area contributed by atoms with Gasteiger partial charge in [0.15, 0.2) is 0 Å². The van der Waals surface area contributed by atoms with Gasteiger partial charge in [-0.25, -0.2) is 0 Å². The van der Waals surface area contributed by atoms with Crippen molar-refractivity contribution in [1.29, 1.82) is 0 Å². The van der Waals surface area contributed by atoms with Gasteiger partial charge < -0.3 is 0 Å². The van der Waals surface area contributed by atoms with Crippen LogP contribution in [-0.4, -0.2) is 11.8 Å². The Balaban J connectivity index is 1.84. The summed E-state index contributed by atoms with van der Waals surface area (Å²) in [5, 5.41) is 0. The number of hydrogen-bond donors (Lipinski definition) is 0. The highest BCUT2D eigenvalue weighted by Crippen LogP contribution is 2.31. The average molecular weight is 386 g/mol. The maximum absolute atomic E-state index is 12.8. The van der Waals surface area contributed by atoms with E-state index in [-0.39, 0.29) is 24.2 Å². The minimum Gasteiger partial charge on any atom is -0.274 e. The molecule has 1 aliphatic rings. The Bertz CT molecular complexity index is 808. The first kappa shape index (κ1) is 16.9. The normalized spacial score (nSPS) is 17.7. The summed E-state index contributed by atoms with van der Waals surface area (Å²) >= 11 is 3.47. The van der Waals surface area contributed by atoms with Gasteiger partial charge in [-0.2, -0.15) is 0 Å². The quantitative estimate of drug-likeness (QED) is 0.729. The fraction of sp³-hybridized carbons (Fsp3) is 0.300. The van der Waals surface area contributed by atoms with E-state index in [1.165, 1.54) is 16.0 Å². The molecule has 4 heteroatoms. The molecular formula is C20H20BrNO2. The topological polar surface area (TPSA) is 37.4 Å². The molecule has 1 saturated heterocycles. The second-order valence-corrected chi connectivity index (χ2v) is 7.46. The van der Waals surface area contributed by atoms with Gasteiger partial charge in [0.05, 0.1) is 11.6 Å². The van der Waals surface area contributed by atoms with Crippen LogP contribution in [0.15, 0.2) is 40.9 Å². The van der Waals surface area contributed by atoms with Gasteiger partial charge in [-0.15, -0.1) is 0 Å². The van der Waals surface area contributed by atoms with Gasteiger partial charge in [0.1, 0.15) is 0 Å². The van der Waals surface area contributed by atoms with E-state index < -0.39 is 0 Å². The summed E-state index contributed by atoms with van der Waals surface area (Å²) in [7, 11) is 0. The summed E-state index contributed by atoms with van der Waals surface area (Å²) in [4.78, 5) is 26.5. The van der Waals surface area contributed by atoms with Gasteiger partial charge in [-0.05, 0) is 50.5 Å². The second kappa shape index (κ2) is 6.52. The Morgan fingerprint density at radius 2 is 1.71 bits per heavy atom. The van der Waals surface area contributed by atoms with E-state index >= 15 is 0 Å². The van der Waals surface area contributed by atoms with E-state index in [1.54, 1.807) is 0 Å². The van der Waals surface area contributed by atoms with Crippen molar-refractivity contribution in [3.63, 3.8) is 0 Å². The lowest BCUT2D eigenvalue weighted by molar-refractivity contribution is -0.122. The minimum absolute atomic E-state index is 0.102. The van der Waals surface area contributed by atoms with Gasteiger partial charge in [0.25, 0.3) is 0 Å². The van der Waals surface area contributed by atoms with Crippen molar-refractivity contribution >= 4 is 33.4 Å². The predicted octanol–water partition coefficient (Wildman–Crippen LogP) is 4.50. The number of carbonyl (C=O) groups excluding carboxylic acids is 2. The molecular weight excluding hydrogens is 366 g/mol. The first-order valence-corrected chi connectivity index (χ1v) is 8.84. The van der Waals surface area contributed by atoms with Crippen LogP contribution in [0.25, 0.3) is 0 Å². The zero-order valence-corrected chi connectivity index (χ0v) is 15.7. The Morgan fingerprint density at radius 1 is 1.04 bits per heavy atom. The maximum Gasteiger partial charge on any atom is 0.237 e. The van der Waals surface area contributed by atoms with Crippen molar-refractivity contribution in [3.8, 4) is 0 Å². The van der Waals surface area contributed by atoms with Crippen molar-refractivity contribution in [3.05, 3.63) is 63.1 Å². The van der Waals surface area contributed by atoms with Crippen LogP contribution >= 0.6 is 15.9 Å². The predicted molar refractivity (Wildman–Crippen MR) is 99.1 cm³/mol. The molecule has 1 aliphatic heterocycles. The first-order valence-electron chi connectivity index (χ1n) is 8.05. The zero-order chi connectivity index (χ0) is 17.4.